The lowest BCUT2D eigenvalue weighted by Crippen LogP contribution is -2.20. The largest absolute Gasteiger partial charge is 0.271 e. The van der Waals surface area contributed by atoms with E-state index in [1.165, 1.54) is 18.2 Å². The molecular weight excluding hydrogens is 279 g/mol. The molecule has 2 rings (SSSR count). The van der Waals surface area contributed by atoms with Crippen molar-refractivity contribution in [2.75, 3.05) is 0 Å². The topological polar surface area (TPSA) is 41.5 Å². The van der Waals surface area contributed by atoms with E-state index in [9.17, 15) is 9.18 Å². The number of nitrogens with zero attached hydrogens (tertiary/aromatic N) is 1. The van der Waals surface area contributed by atoms with Crippen LogP contribution in [0, 0.1) is 5.82 Å². The molecule has 0 fully saturated rings. The summed E-state index contributed by atoms with van der Waals surface area (Å²) in [6.45, 7) is 2.11. The van der Waals surface area contributed by atoms with Crippen LogP contribution >= 0.6 is 0 Å². The molecule has 0 aromatic heterocycles. The number of rotatable bonds is 6. The molecule has 22 heavy (non-hydrogen) atoms. The number of hydrogen-bond donors (Lipinski definition) is 1. The number of hydrazone groups is 1. The first-order chi connectivity index (χ1) is 10.7. The monoisotopic (exact) mass is 298 g/mol. The van der Waals surface area contributed by atoms with Gasteiger partial charge in [-0.05, 0) is 36.6 Å². The minimum absolute atomic E-state index is 0.256. The highest BCUT2D eigenvalue weighted by Crippen LogP contribution is 2.08. The van der Waals surface area contributed by atoms with E-state index in [0.29, 0.717) is 0 Å². The lowest BCUT2D eigenvalue weighted by atomic mass is 10.1. The maximum atomic E-state index is 13.1. The van der Waals surface area contributed by atoms with Crippen molar-refractivity contribution in [2.45, 2.75) is 26.2 Å². The molecule has 0 aliphatic heterocycles. The second-order valence-corrected chi connectivity index (χ2v) is 4.98. The molecule has 0 unspecified atom stereocenters. The van der Waals surface area contributed by atoms with Gasteiger partial charge in [0.15, 0.2) is 0 Å². The molecule has 3 nitrogen and oxygen atoms in total. The summed E-state index contributed by atoms with van der Waals surface area (Å²) >= 11 is 0. The predicted molar refractivity (Wildman–Crippen MR) is 86.4 cm³/mol. The molecule has 4 heteroatoms. The van der Waals surface area contributed by atoms with Gasteiger partial charge in [0.05, 0.1) is 5.71 Å². The Bertz CT molecular complexity index is 653. The maximum absolute atomic E-state index is 13.1. The van der Waals surface area contributed by atoms with Crippen LogP contribution in [0.1, 0.15) is 42.1 Å². The number of amides is 1. The highest BCUT2D eigenvalue weighted by molar-refractivity contribution is 6.02. The SMILES string of the molecule is CCCC/C(=N\NC(=O)c1cccc(F)c1)c1ccccc1. The van der Waals surface area contributed by atoms with Crippen molar-refractivity contribution in [1.29, 1.82) is 0 Å². The molecule has 0 spiro atoms. The fourth-order valence-corrected chi connectivity index (χ4v) is 2.05. The number of carbonyl (C=O) groups is 1. The van der Waals surface area contributed by atoms with Crippen LogP contribution in [0.15, 0.2) is 59.7 Å². The normalized spacial score (nSPS) is 11.3. The van der Waals surface area contributed by atoms with E-state index in [-0.39, 0.29) is 5.56 Å². The molecule has 0 saturated heterocycles. The van der Waals surface area contributed by atoms with Gasteiger partial charge in [-0.25, -0.2) is 9.82 Å². The number of halogens is 1. The van der Waals surface area contributed by atoms with Crippen LogP contribution in [-0.4, -0.2) is 11.6 Å². The van der Waals surface area contributed by atoms with Gasteiger partial charge in [0.1, 0.15) is 5.82 Å². The molecule has 2 aromatic carbocycles. The highest BCUT2D eigenvalue weighted by Gasteiger charge is 2.07. The summed E-state index contributed by atoms with van der Waals surface area (Å²) in [5.74, 6) is -0.852. The van der Waals surface area contributed by atoms with Crippen molar-refractivity contribution in [3.8, 4) is 0 Å². The van der Waals surface area contributed by atoms with Crippen LogP contribution in [-0.2, 0) is 0 Å². The Morgan fingerprint density at radius 2 is 1.82 bits per heavy atom. The van der Waals surface area contributed by atoms with Gasteiger partial charge in [-0.15, -0.1) is 0 Å². The average molecular weight is 298 g/mol. The highest BCUT2D eigenvalue weighted by atomic mass is 19.1. The van der Waals surface area contributed by atoms with Crippen LogP contribution < -0.4 is 5.43 Å². The molecule has 0 atom stereocenters. The fourth-order valence-electron chi connectivity index (χ4n) is 2.05. The third-order valence-corrected chi connectivity index (χ3v) is 3.25. The van der Waals surface area contributed by atoms with Gasteiger partial charge >= 0.3 is 0 Å². The third kappa shape index (κ3) is 4.52. The lowest BCUT2D eigenvalue weighted by molar-refractivity contribution is 0.0954. The van der Waals surface area contributed by atoms with E-state index in [1.54, 1.807) is 6.07 Å². The van der Waals surface area contributed by atoms with E-state index in [1.807, 2.05) is 30.3 Å². The maximum Gasteiger partial charge on any atom is 0.271 e. The van der Waals surface area contributed by atoms with Gasteiger partial charge in [-0.1, -0.05) is 49.7 Å². The van der Waals surface area contributed by atoms with Gasteiger partial charge in [0, 0.05) is 5.56 Å². The molecule has 0 bridgehead atoms. The minimum Gasteiger partial charge on any atom is -0.267 e. The second-order valence-electron chi connectivity index (χ2n) is 4.98. The Hall–Kier alpha value is -2.49. The first kappa shape index (κ1) is 15.9. The van der Waals surface area contributed by atoms with Crippen molar-refractivity contribution < 1.29 is 9.18 Å². The van der Waals surface area contributed by atoms with Crippen molar-refractivity contribution >= 4 is 11.6 Å². The first-order valence-electron chi connectivity index (χ1n) is 7.38. The Morgan fingerprint density at radius 3 is 2.50 bits per heavy atom. The number of carbonyl (C=O) groups excluding carboxylic acids is 1. The van der Waals surface area contributed by atoms with E-state index in [0.717, 1.165) is 30.5 Å². The first-order valence-corrected chi connectivity index (χ1v) is 7.38. The molecule has 1 amide bonds. The van der Waals surface area contributed by atoms with Crippen molar-refractivity contribution in [3.05, 3.63) is 71.5 Å². The molecule has 0 saturated carbocycles. The summed E-state index contributed by atoms with van der Waals surface area (Å²) in [6.07, 6.45) is 2.82. The van der Waals surface area contributed by atoms with Crippen LogP contribution in [0.3, 0.4) is 0 Å². The molecule has 114 valence electrons. The van der Waals surface area contributed by atoms with E-state index >= 15 is 0 Å². The standard InChI is InChI=1S/C18H19FN2O/c1-2-3-12-17(14-8-5-4-6-9-14)20-21-18(22)15-10-7-11-16(19)13-15/h4-11,13H,2-3,12H2,1H3,(H,21,22)/b20-17+. The summed E-state index contributed by atoms with van der Waals surface area (Å²) in [5, 5.41) is 4.23. The summed E-state index contributed by atoms with van der Waals surface area (Å²) in [4.78, 5) is 12.0. The number of hydrogen-bond acceptors (Lipinski definition) is 2. The smallest absolute Gasteiger partial charge is 0.267 e. The molecular formula is C18H19FN2O. The predicted octanol–water partition coefficient (Wildman–Crippen LogP) is 4.15. The zero-order valence-corrected chi connectivity index (χ0v) is 12.6. The Kier molecular flexibility index (Phi) is 5.83. The van der Waals surface area contributed by atoms with Crippen molar-refractivity contribution in [3.63, 3.8) is 0 Å². The lowest BCUT2D eigenvalue weighted by Gasteiger charge is -2.07. The quantitative estimate of drug-likeness (QED) is 0.631. The number of nitrogens with one attached hydrogen (secondary N) is 1. The third-order valence-electron chi connectivity index (χ3n) is 3.25. The fraction of sp³-hybridized carbons (Fsp3) is 0.222. The summed E-state index contributed by atoms with van der Waals surface area (Å²) in [6, 6.07) is 15.3. The van der Waals surface area contributed by atoms with Gasteiger partial charge < -0.3 is 0 Å². The van der Waals surface area contributed by atoms with E-state index in [4.69, 9.17) is 0 Å². The Labute approximate surface area is 129 Å². The zero-order chi connectivity index (χ0) is 15.8. The molecule has 0 heterocycles. The zero-order valence-electron chi connectivity index (χ0n) is 12.6. The van der Waals surface area contributed by atoms with Gasteiger partial charge in [0.25, 0.3) is 5.91 Å². The summed E-state index contributed by atoms with van der Waals surface area (Å²) < 4.78 is 13.1. The molecule has 2 aromatic rings. The van der Waals surface area contributed by atoms with E-state index < -0.39 is 11.7 Å². The number of benzene rings is 2. The van der Waals surface area contributed by atoms with E-state index in [2.05, 4.69) is 17.5 Å². The minimum atomic E-state index is -0.439. The van der Waals surface area contributed by atoms with Gasteiger partial charge in [-0.3, -0.25) is 4.79 Å². The number of unbranched alkanes of at least 4 members (excludes halogenated alkanes) is 1. The van der Waals surface area contributed by atoms with Crippen LogP contribution in [0.25, 0.3) is 0 Å². The molecule has 0 aliphatic rings. The van der Waals surface area contributed by atoms with Crippen molar-refractivity contribution in [2.24, 2.45) is 5.10 Å². The Morgan fingerprint density at radius 1 is 1.09 bits per heavy atom. The van der Waals surface area contributed by atoms with Gasteiger partial charge in [0.2, 0.25) is 0 Å². The summed E-state index contributed by atoms with van der Waals surface area (Å²) in [7, 11) is 0. The Balaban J connectivity index is 2.14. The summed E-state index contributed by atoms with van der Waals surface area (Å²) in [5.41, 5.74) is 4.58. The molecule has 0 radical (unpaired) electrons. The van der Waals surface area contributed by atoms with Crippen LogP contribution in [0.5, 0.6) is 0 Å². The average Bonchev–Trinajstić information content (AvgIpc) is 2.55. The van der Waals surface area contributed by atoms with Crippen molar-refractivity contribution in [1.82, 2.24) is 5.43 Å². The van der Waals surface area contributed by atoms with Crippen LogP contribution in [0.4, 0.5) is 4.39 Å². The molecule has 1 N–H and O–H groups in total. The van der Waals surface area contributed by atoms with Crippen LogP contribution in [0.2, 0.25) is 0 Å². The van der Waals surface area contributed by atoms with Gasteiger partial charge in [-0.2, -0.15) is 5.10 Å². The second kappa shape index (κ2) is 8.08. The molecule has 0 aliphatic carbocycles.